The maximum absolute atomic E-state index is 13.2. The predicted octanol–water partition coefficient (Wildman–Crippen LogP) is 6.44. The molecule has 5 aromatic rings. The number of benzene rings is 2. The number of fused-ring (bicyclic) bond motifs is 3. The van der Waals surface area contributed by atoms with Crippen LogP contribution in [0.5, 0.6) is 0 Å². The lowest BCUT2D eigenvalue weighted by molar-refractivity contribution is 0.846. The van der Waals surface area contributed by atoms with Gasteiger partial charge in [-0.05, 0) is 43.3 Å². The van der Waals surface area contributed by atoms with Gasteiger partial charge in [-0.15, -0.1) is 11.3 Å². The van der Waals surface area contributed by atoms with E-state index in [2.05, 4.69) is 27.8 Å². The topological polar surface area (TPSA) is 39.8 Å². The molecule has 0 N–H and O–H groups in total. The maximum atomic E-state index is 13.2. The van der Waals surface area contributed by atoms with E-state index in [4.69, 9.17) is 23.2 Å². The molecule has 0 fully saturated rings. The molecule has 5 rings (SSSR count). The van der Waals surface area contributed by atoms with Gasteiger partial charge in [0.25, 0.3) is 5.56 Å². The van der Waals surface area contributed by atoms with Gasteiger partial charge in [-0.1, -0.05) is 29.3 Å². The monoisotopic (exact) mass is 453 g/mol. The van der Waals surface area contributed by atoms with E-state index >= 15 is 0 Å². The number of pyridine rings is 1. The van der Waals surface area contributed by atoms with E-state index in [1.54, 1.807) is 41.2 Å². The fraction of sp³-hybridized carbons (Fsp3) is 0.130. The summed E-state index contributed by atoms with van der Waals surface area (Å²) in [5.41, 5.74) is 5.10. The molecule has 30 heavy (non-hydrogen) atoms. The molecule has 0 bridgehead atoms. The zero-order valence-corrected chi connectivity index (χ0v) is 18.9. The molecule has 0 aliphatic heterocycles. The van der Waals surface area contributed by atoms with Gasteiger partial charge in [0, 0.05) is 57.7 Å². The van der Waals surface area contributed by atoms with Crippen LogP contribution in [0.2, 0.25) is 10.0 Å². The van der Waals surface area contributed by atoms with Crippen molar-refractivity contribution in [2.24, 2.45) is 14.1 Å². The van der Waals surface area contributed by atoms with Crippen molar-refractivity contribution in [1.29, 1.82) is 0 Å². The molecule has 3 heterocycles. The Hall–Kier alpha value is -2.60. The van der Waals surface area contributed by atoms with E-state index < -0.39 is 0 Å². The third-order valence-corrected chi connectivity index (χ3v) is 6.99. The van der Waals surface area contributed by atoms with Gasteiger partial charge in [0.2, 0.25) is 0 Å². The molecule has 0 atom stereocenters. The molecule has 4 nitrogen and oxygen atoms in total. The lowest BCUT2D eigenvalue weighted by atomic mass is 10.0. The average Bonchev–Trinajstić information content (AvgIpc) is 3.26. The summed E-state index contributed by atoms with van der Waals surface area (Å²) in [5.74, 6) is 0. The smallest absolute Gasteiger partial charge is 0.259 e. The summed E-state index contributed by atoms with van der Waals surface area (Å²) in [6.45, 7) is 1.99. The molecule has 0 radical (unpaired) electrons. The zero-order valence-electron chi connectivity index (χ0n) is 16.5. The Morgan fingerprint density at radius 2 is 1.73 bits per heavy atom. The molecule has 0 amide bonds. The highest BCUT2D eigenvalue weighted by molar-refractivity contribution is 7.13. The largest absolute Gasteiger partial charge is 0.330 e. The Kier molecular flexibility index (Phi) is 4.51. The van der Waals surface area contributed by atoms with Crippen LogP contribution >= 0.6 is 34.5 Å². The normalized spacial score (nSPS) is 11.6. The summed E-state index contributed by atoms with van der Waals surface area (Å²) in [7, 11) is 3.77. The van der Waals surface area contributed by atoms with Crippen molar-refractivity contribution in [1.82, 2.24) is 14.1 Å². The van der Waals surface area contributed by atoms with Gasteiger partial charge >= 0.3 is 0 Å². The number of halogens is 2. The number of thiazole rings is 1. The Labute approximate surface area is 186 Å². The second-order valence-electron chi connectivity index (χ2n) is 7.37. The zero-order chi connectivity index (χ0) is 21.2. The van der Waals surface area contributed by atoms with E-state index in [-0.39, 0.29) is 5.56 Å². The van der Waals surface area contributed by atoms with E-state index in [0.29, 0.717) is 21.2 Å². The fourth-order valence-corrected chi connectivity index (χ4v) is 5.32. The predicted molar refractivity (Wildman–Crippen MR) is 127 cm³/mol. The van der Waals surface area contributed by atoms with E-state index in [9.17, 15) is 4.79 Å². The highest BCUT2D eigenvalue weighted by Crippen LogP contribution is 2.35. The Morgan fingerprint density at radius 3 is 2.43 bits per heavy atom. The van der Waals surface area contributed by atoms with Crippen molar-refractivity contribution in [3.63, 3.8) is 0 Å². The first-order valence-electron chi connectivity index (χ1n) is 9.35. The number of hydrogen-bond acceptors (Lipinski definition) is 3. The third kappa shape index (κ3) is 2.88. The molecule has 0 saturated carbocycles. The van der Waals surface area contributed by atoms with Crippen molar-refractivity contribution in [2.45, 2.75) is 6.92 Å². The molecule has 150 valence electrons. The quantitative estimate of drug-likeness (QED) is 0.308. The highest BCUT2D eigenvalue weighted by atomic mass is 35.5. The van der Waals surface area contributed by atoms with Gasteiger partial charge in [-0.3, -0.25) is 9.36 Å². The summed E-state index contributed by atoms with van der Waals surface area (Å²) in [4.78, 5) is 17.8. The van der Waals surface area contributed by atoms with Crippen LogP contribution in [0.1, 0.15) is 5.69 Å². The Morgan fingerprint density at radius 1 is 0.933 bits per heavy atom. The molecule has 3 aromatic heterocycles. The Bertz CT molecular complexity index is 1530. The molecule has 0 spiro atoms. The molecule has 7 heteroatoms. The summed E-state index contributed by atoms with van der Waals surface area (Å²) in [6, 6.07) is 13.4. The van der Waals surface area contributed by atoms with Gasteiger partial charge in [-0.25, -0.2) is 4.98 Å². The highest BCUT2D eigenvalue weighted by Gasteiger charge is 2.18. The number of aromatic nitrogens is 3. The van der Waals surface area contributed by atoms with Gasteiger partial charge in [0.05, 0.1) is 10.5 Å². The summed E-state index contributed by atoms with van der Waals surface area (Å²) >= 11 is 14.1. The first-order valence-corrected chi connectivity index (χ1v) is 11.0. The van der Waals surface area contributed by atoms with Crippen LogP contribution in [0.3, 0.4) is 0 Å². The van der Waals surface area contributed by atoms with Gasteiger partial charge in [-0.2, -0.15) is 0 Å². The molecule has 0 saturated heterocycles. The van der Waals surface area contributed by atoms with Crippen LogP contribution in [0.4, 0.5) is 0 Å². The second-order valence-corrected chi connectivity index (χ2v) is 9.07. The van der Waals surface area contributed by atoms with Crippen LogP contribution in [0, 0.1) is 6.92 Å². The molecular formula is C23H17Cl2N3OS. The lowest BCUT2D eigenvalue weighted by Gasteiger charge is -2.09. The standard InChI is InChI=1S/C23H17Cl2N3OS/c1-12-11-30-21(26-12)13-4-7-20-16(8-13)17-10-18(15-6-5-14(24)9-19(15)25)23(29)28(3)22(17)27(20)2/h4-11H,1-3H3. The first kappa shape index (κ1) is 19.4. The van der Waals surface area contributed by atoms with Crippen LogP contribution in [0.15, 0.2) is 52.6 Å². The summed E-state index contributed by atoms with van der Waals surface area (Å²) < 4.78 is 3.74. The lowest BCUT2D eigenvalue weighted by Crippen LogP contribution is -2.20. The number of aryl methyl sites for hydroxylation is 3. The van der Waals surface area contributed by atoms with Crippen LogP contribution in [-0.4, -0.2) is 14.1 Å². The minimum absolute atomic E-state index is 0.103. The van der Waals surface area contributed by atoms with Gasteiger partial charge in [0.1, 0.15) is 10.7 Å². The minimum atomic E-state index is -0.103. The third-order valence-electron chi connectivity index (χ3n) is 5.44. The number of rotatable bonds is 2. The number of hydrogen-bond donors (Lipinski definition) is 0. The van der Waals surface area contributed by atoms with Crippen LogP contribution < -0.4 is 5.56 Å². The van der Waals surface area contributed by atoms with Crippen LogP contribution in [0.25, 0.3) is 43.6 Å². The summed E-state index contributed by atoms with van der Waals surface area (Å²) in [5, 5.41) is 6.09. The molecule has 0 unspecified atom stereocenters. The van der Waals surface area contributed by atoms with E-state index in [1.807, 2.05) is 25.4 Å². The van der Waals surface area contributed by atoms with Gasteiger partial charge in [0.15, 0.2) is 0 Å². The minimum Gasteiger partial charge on any atom is -0.330 e. The summed E-state index contributed by atoms with van der Waals surface area (Å²) in [6.07, 6.45) is 0. The van der Waals surface area contributed by atoms with E-state index in [0.717, 1.165) is 38.2 Å². The SMILES string of the molecule is Cc1csc(-c2ccc3c(c2)c2cc(-c4ccc(Cl)cc4Cl)c(=O)n(C)c2n3C)n1. The fourth-order valence-electron chi connectivity index (χ4n) is 4.01. The van der Waals surface area contributed by atoms with Crippen molar-refractivity contribution in [3.8, 4) is 21.7 Å². The Balaban J connectivity index is 1.85. The molecular weight excluding hydrogens is 437 g/mol. The average molecular weight is 454 g/mol. The van der Waals surface area contributed by atoms with Crippen molar-refractivity contribution in [2.75, 3.05) is 0 Å². The van der Waals surface area contributed by atoms with Crippen molar-refractivity contribution < 1.29 is 0 Å². The van der Waals surface area contributed by atoms with Crippen LogP contribution in [-0.2, 0) is 14.1 Å². The number of nitrogens with zero attached hydrogens (tertiary/aromatic N) is 3. The molecule has 2 aromatic carbocycles. The van der Waals surface area contributed by atoms with E-state index in [1.165, 1.54) is 0 Å². The molecule has 0 aliphatic carbocycles. The van der Waals surface area contributed by atoms with Crippen molar-refractivity contribution >= 4 is 56.5 Å². The second kappa shape index (κ2) is 6.98. The van der Waals surface area contributed by atoms with Crippen molar-refractivity contribution in [3.05, 3.63) is 73.9 Å². The maximum Gasteiger partial charge on any atom is 0.259 e. The first-order chi connectivity index (χ1) is 14.3. The van der Waals surface area contributed by atoms with Gasteiger partial charge < -0.3 is 4.57 Å². The molecule has 0 aliphatic rings.